The molecule has 13 nitrogen and oxygen atoms in total. The molecule has 1 aliphatic heterocycles. The van der Waals surface area contributed by atoms with Crippen molar-refractivity contribution >= 4 is 35.2 Å². The molecule has 0 fully saturated rings. The van der Waals surface area contributed by atoms with Gasteiger partial charge in [-0.1, -0.05) is 0 Å². The topological polar surface area (TPSA) is 195 Å². The summed E-state index contributed by atoms with van der Waals surface area (Å²) >= 11 is 1.13. The summed E-state index contributed by atoms with van der Waals surface area (Å²) in [6.45, 7) is 2.95. The smallest absolute Gasteiger partial charge is 0.343 e. The van der Waals surface area contributed by atoms with Crippen LogP contribution in [-0.2, 0) is 4.74 Å². The van der Waals surface area contributed by atoms with Crippen LogP contribution in [0, 0.1) is 17.0 Å². The number of pyridine rings is 1. The Morgan fingerprint density at radius 1 is 1.13 bits per heavy atom. The van der Waals surface area contributed by atoms with Crippen LogP contribution < -0.4 is 20.9 Å². The Balaban J connectivity index is 1.47. The minimum atomic E-state index is -1.28. The van der Waals surface area contributed by atoms with Gasteiger partial charge in [0, 0.05) is 30.2 Å². The zero-order valence-corrected chi connectivity index (χ0v) is 24.7. The number of halogens is 2. The number of rotatable bonds is 10. The predicted molar refractivity (Wildman–Crippen MR) is 160 cm³/mol. The second-order valence-electron chi connectivity index (χ2n) is 9.41. The maximum atomic E-state index is 15.6. The third kappa shape index (κ3) is 6.70. The first-order valence-electron chi connectivity index (χ1n) is 13.3. The van der Waals surface area contributed by atoms with E-state index in [9.17, 15) is 14.3 Å². The van der Waals surface area contributed by atoms with E-state index in [4.69, 9.17) is 31.1 Å². The quantitative estimate of drug-likeness (QED) is 0.0834. The molecule has 1 aliphatic rings. The Hall–Kier alpha value is -5.51. The number of esters is 1. The van der Waals surface area contributed by atoms with E-state index in [1.165, 1.54) is 30.5 Å². The third-order valence-electron chi connectivity index (χ3n) is 6.34. The van der Waals surface area contributed by atoms with Gasteiger partial charge in [-0.3, -0.25) is 10.4 Å². The molecular weight excluding hydrogens is 610 g/mol. The van der Waals surface area contributed by atoms with Crippen molar-refractivity contribution in [1.82, 2.24) is 19.9 Å². The summed E-state index contributed by atoms with van der Waals surface area (Å²) in [4.78, 5) is 31.1. The van der Waals surface area contributed by atoms with E-state index < -0.39 is 29.2 Å². The molecular formula is C29H26F2N8O5S. The van der Waals surface area contributed by atoms with Crippen molar-refractivity contribution in [2.75, 3.05) is 32.5 Å². The number of amidine groups is 2. The average molecular weight is 637 g/mol. The number of anilines is 1. The standard InChI is InChI=1S/C29H26F2N8O5S/c1-3-42-28(41)17-12-37-29(38-25(17)34)45-15-5-7-20(16(11-15)26-35-8-9-39(26)2)43-23-18(30)13-36-27(22(23)31)44-21-10-14(24(32)33)4-6-19(21)40/h4-7,10-13,40H,3,8-9H2,1-2H3,(H3,32,33)(H2,34,37,38). The first kappa shape index (κ1) is 30.9. The van der Waals surface area contributed by atoms with Crippen LogP contribution in [0.25, 0.3) is 0 Å². The van der Waals surface area contributed by atoms with Crippen LogP contribution in [0.3, 0.4) is 0 Å². The molecule has 0 atom stereocenters. The molecule has 0 unspecified atom stereocenters. The second kappa shape index (κ2) is 13.0. The zero-order valence-electron chi connectivity index (χ0n) is 23.9. The first-order valence-corrected chi connectivity index (χ1v) is 14.1. The Morgan fingerprint density at radius 3 is 2.62 bits per heavy atom. The summed E-state index contributed by atoms with van der Waals surface area (Å²) in [6.07, 6.45) is 1.99. The largest absolute Gasteiger partial charge is 0.504 e. The van der Waals surface area contributed by atoms with Gasteiger partial charge in [-0.2, -0.15) is 4.39 Å². The van der Waals surface area contributed by atoms with Crippen LogP contribution in [0.5, 0.6) is 28.9 Å². The summed E-state index contributed by atoms with van der Waals surface area (Å²) < 4.78 is 46.7. The SMILES string of the molecule is CCOC(=O)c1cnc(Sc2ccc(Oc3c(F)cnc(Oc4cc(C(=N)N)ccc4O)c3F)c(C3=NCCN3C)c2)nc1N. The van der Waals surface area contributed by atoms with E-state index in [0.717, 1.165) is 11.8 Å². The van der Waals surface area contributed by atoms with Crippen LogP contribution in [-0.4, -0.2) is 69.3 Å². The van der Waals surface area contributed by atoms with Gasteiger partial charge in [0.05, 0.1) is 24.9 Å². The number of nitrogen functional groups attached to an aromatic ring is 2. The van der Waals surface area contributed by atoms with Gasteiger partial charge in [-0.05, 0) is 55.1 Å². The summed E-state index contributed by atoms with van der Waals surface area (Å²) in [5.41, 5.74) is 12.1. The molecule has 2 aromatic heterocycles. The third-order valence-corrected chi connectivity index (χ3v) is 7.21. The highest BCUT2D eigenvalue weighted by Crippen LogP contribution is 2.39. The minimum absolute atomic E-state index is 0.0408. The summed E-state index contributed by atoms with van der Waals surface area (Å²) in [5.74, 6) is -4.93. The molecule has 45 heavy (non-hydrogen) atoms. The molecule has 2 aromatic carbocycles. The molecule has 0 saturated heterocycles. The number of aromatic nitrogens is 3. The van der Waals surface area contributed by atoms with E-state index in [1.54, 1.807) is 19.1 Å². The van der Waals surface area contributed by atoms with Crippen molar-refractivity contribution in [2.45, 2.75) is 17.0 Å². The number of aliphatic imine (C=N–C) groups is 1. The summed E-state index contributed by atoms with van der Waals surface area (Å²) in [7, 11) is 1.81. The highest BCUT2D eigenvalue weighted by atomic mass is 32.2. The Morgan fingerprint density at radius 2 is 1.93 bits per heavy atom. The van der Waals surface area contributed by atoms with Crippen molar-refractivity contribution in [3.8, 4) is 28.9 Å². The van der Waals surface area contributed by atoms with Crippen LogP contribution in [0.15, 0.2) is 63.8 Å². The van der Waals surface area contributed by atoms with E-state index in [-0.39, 0.29) is 51.8 Å². The zero-order chi connectivity index (χ0) is 32.2. The lowest BCUT2D eigenvalue weighted by Gasteiger charge is -2.19. The molecule has 3 heterocycles. The maximum absolute atomic E-state index is 15.6. The van der Waals surface area contributed by atoms with Crippen molar-refractivity contribution in [2.24, 2.45) is 10.7 Å². The maximum Gasteiger partial charge on any atom is 0.343 e. The molecule has 4 aromatic rings. The lowest BCUT2D eigenvalue weighted by atomic mass is 10.1. The molecule has 0 aliphatic carbocycles. The fourth-order valence-corrected chi connectivity index (χ4v) is 4.91. The number of nitrogens with zero attached hydrogens (tertiary/aromatic N) is 5. The van der Waals surface area contributed by atoms with Gasteiger partial charge in [0.25, 0.3) is 5.88 Å². The fourth-order valence-electron chi connectivity index (χ4n) is 4.13. The summed E-state index contributed by atoms with van der Waals surface area (Å²) in [5, 5.41) is 18.0. The predicted octanol–water partition coefficient (Wildman–Crippen LogP) is 4.33. The molecule has 0 spiro atoms. The molecule has 16 heteroatoms. The molecule has 0 saturated carbocycles. The number of hydrogen-bond acceptors (Lipinski definition) is 13. The highest BCUT2D eigenvalue weighted by molar-refractivity contribution is 7.99. The number of nitrogens with two attached hydrogens (primary N) is 2. The second-order valence-corrected chi connectivity index (χ2v) is 10.5. The molecule has 232 valence electrons. The van der Waals surface area contributed by atoms with Crippen molar-refractivity contribution in [1.29, 1.82) is 5.41 Å². The molecule has 0 amide bonds. The number of hydrogen-bond donors (Lipinski definition) is 4. The monoisotopic (exact) mass is 636 g/mol. The van der Waals surface area contributed by atoms with E-state index in [0.29, 0.717) is 35.6 Å². The lowest BCUT2D eigenvalue weighted by Crippen LogP contribution is -2.24. The van der Waals surface area contributed by atoms with Gasteiger partial charge in [-0.25, -0.2) is 24.1 Å². The number of carbonyl (C=O) groups is 1. The number of ether oxygens (including phenoxy) is 3. The Labute approximate surface area is 259 Å². The number of nitrogens with one attached hydrogen (secondary N) is 1. The fraction of sp³-hybridized carbons (Fsp3) is 0.172. The van der Waals surface area contributed by atoms with Crippen molar-refractivity contribution in [3.63, 3.8) is 0 Å². The number of phenols is 1. The van der Waals surface area contributed by atoms with E-state index in [2.05, 4.69) is 19.9 Å². The van der Waals surface area contributed by atoms with E-state index in [1.807, 2.05) is 11.9 Å². The van der Waals surface area contributed by atoms with Gasteiger partial charge in [0.1, 0.15) is 28.8 Å². The first-order chi connectivity index (χ1) is 21.5. The Kier molecular flexibility index (Phi) is 8.94. The number of aromatic hydroxyl groups is 1. The van der Waals surface area contributed by atoms with Crippen LogP contribution in [0.2, 0.25) is 0 Å². The molecule has 0 radical (unpaired) electrons. The number of benzene rings is 2. The van der Waals surface area contributed by atoms with Crippen LogP contribution >= 0.6 is 11.8 Å². The normalized spacial score (nSPS) is 12.5. The highest BCUT2D eigenvalue weighted by Gasteiger charge is 2.25. The number of likely N-dealkylation sites (N-methyl/N-ethyl adjacent to an activating group) is 1. The van der Waals surface area contributed by atoms with Gasteiger partial charge < -0.3 is 35.7 Å². The van der Waals surface area contributed by atoms with Crippen LogP contribution in [0.4, 0.5) is 14.6 Å². The number of carbonyl (C=O) groups excluding carboxylic acids is 1. The lowest BCUT2D eigenvalue weighted by molar-refractivity contribution is 0.0526. The van der Waals surface area contributed by atoms with E-state index >= 15 is 4.39 Å². The molecule has 5 rings (SSSR count). The van der Waals surface area contributed by atoms with Gasteiger partial charge in [0.2, 0.25) is 11.6 Å². The number of phenolic OH excluding ortho intramolecular Hbond substituents is 1. The average Bonchev–Trinajstić information content (AvgIpc) is 3.43. The van der Waals surface area contributed by atoms with Crippen LogP contribution in [0.1, 0.15) is 28.4 Å². The van der Waals surface area contributed by atoms with Gasteiger partial charge >= 0.3 is 5.97 Å². The summed E-state index contributed by atoms with van der Waals surface area (Å²) in [6, 6.07) is 8.62. The Bertz CT molecular complexity index is 1840. The molecule has 6 N–H and O–H groups in total. The van der Waals surface area contributed by atoms with Crippen molar-refractivity contribution < 1.29 is 32.9 Å². The molecule has 0 bridgehead atoms. The van der Waals surface area contributed by atoms with Crippen molar-refractivity contribution in [3.05, 3.63) is 77.1 Å². The van der Waals surface area contributed by atoms with Gasteiger partial charge in [0.15, 0.2) is 22.5 Å². The van der Waals surface area contributed by atoms with Gasteiger partial charge in [-0.15, -0.1) is 0 Å². The minimum Gasteiger partial charge on any atom is -0.504 e.